The smallest absolute Gasteiger partial charge is 0.207 e. The summed E-state index contributed by atoms with van der Waals surface area (Å²) in [7, 11) is -3.86. The Morgan fingerprint density at radius 3 is 2.18 bits per heavy atom. The van der Waals surface area contributed by atoms with Gasteiger partial charge in [0.25, 0.3) is 0 Å². The van der Waals surface area contributed by atoms with Crippen molar-refractivity contribution >= 4 is 32.6 Å². The van der Waals surface area contributed by atoms with Gasteiger partial charge < -0.3 is 0 Å². The number of nitrogens with one attached hydrogen (secondary N) is 1. The molecule has 2 rings (SSSR count). The molecule has 8 heteroatoms. The molecule has 0 aliphatic heterocycles. The van der Waals surface area contributed by atoms with Gasteiger partial charge in [-0.1, -0.05) is 18.2 Å². The first-order valence-corrected chi connectivity index (χ1v) is 8.67. The Kier molecular flexibility index (Phi) is 5.13. The molecule has 2 aromatic carbocycles. The van der Waals surface area contributed by atoms with Crippen molar-refractivity contribution in [3.8, 4) is 0 Å². The average Bonchev–Trinajstić information content (AvgIpc) is 2.45. The fourth-order valence-electron chi connectivity index (χ4n) is 1.82. The second-order valence-electron chi connectivity index (χ2n) is 4.43. The summed E-state index contributed by atoms with van der Waals surface area (Å²) in [6, 6.07) is 10.9. The Bertz CT molecular complexity index is 758. The van der Waals surface area contributed by atoms with Crippen LogP contribution in [0.5, 0.6) is 0 Å². The number of hydrogen-bond donors (Lipinski definition) is 1. The van der Waals surface area contributed by atoms with Gasteiger partial charge in [0.15, 0.2) is 0 Å². The van der Waals surface area contributed by atoms with Crippen molar-refractivity contribution in [1.82, 2.24) is 4.72 Å². The van der Waals surface area contributed by atoms with Gasteiger partial charge in [-0.2, -0.15) is 13.2 Å². The monoisotopic (exact) mass is 441 g/mol. The molecule has 0 spiro atoms. The van der Waals surface area contributed by atoms with Gasteiger partial charge in [-0.05, 0) is 58.5 Å². The topological polar surface area (TPSA) is 46.2 Å². The lowest BCUT2D eigenvalue weighted by Crippen LogP contribution is -2.24. The van der Waals surface area contributed by atoms with Crippen molar-refractivity contribution in [3.05, 3.63) is 63.2 Å². The third-order valence-electron chi connectivity index (χ3n) is 2.90. The van der Waals surface area contributed by atoms with Crippen LogP contribution in [0, 0.1) is 3.57 Å². The van der Waals surface area contributed by atoms with Crippen molar-refractivity contribution in [2.24, 2.45) is 0 Å². The van der Waals surface area contributed by atoms with Crippen LogP contribution in [0.4, 0.5) is 13.2 Å². The standard InChI is InChI=1S/C14H11F3INO2S/c15-14(16,17)13-4-2-1-3-10(13)9-19-22(20,21)12-7-5-11(18)6-8-12/h1-8,19H,9H2. The molecule has 0 atom stereocenters. The Hall–Kier alpha value is -1.13. The number of halogens is 4. The van der Waals surface area contributed by atoms with E-state index < -0.39 is 28.3 Å². The van der Waals surface area contributed by atoms with Crippen LogP contribution in [0.25, 0.3) is 0 Å². The number of hydrogen-bond acceptors (Lipinski definition) is 2. The predicted molar refractivity (Wildman–Crippen MR) is 84.6 cm³/mol. The highest BCUT2D eigenvalue weighted by Gasteiger charge is 2.33. The number of alkyl halides is 3. The first kappa shape index (κ1) is 17.2. The van der Waals surface area contributed by atoms with E-state index in [9.17, 15) is 21.6 Å². The van der Waals surface area contributed by atoms with E-state index in [1.54, 1.807) is 12.1 Å². The Morgan fingerprint density at radius 1 is 1.00 bits per heavy atom. The molecule has 0 saturated heterocycles. The lowest BCUT2D eigenvalue weighted by atomic mass is 10.1. The number of sulfonamides is 1. The van der Waals surface area contributed by atoms with Gasteiger partial charge in [-0.3, -0.25) is 0 Å². The van der Waals surface area contributed by atoms with Crippen LogP contribution in [0.15, 0.2) is 53.4 Å². The predicted octanol–water partition coefficient (Wildman–Crippen LogP) is 3.79. The summed E-state index contributed by atoms with van der Waals surface area (Å²) in [6.07, 6.45) is -4.52. The highest BCUT2D eigenvalue weighted by atomic mass is 127. The highest BCUT2D eigenvalue weighted by molar-refractivity contribution is 14.1. The maximum Gasteiger partial charge on any atom is 0.416 e. The fourth-order valence-corrected chi connectivity index (χ4v) is 3.19. The van der Waals surface area contributed by atoms with Gasteiger partial charge in [0.05, 0.1) is 10.5 Å². The van der Waals surface area contributed by atoms with Crippen LogP contribution in [0.3, 0.4) is 0 Å². The van der Waals surface area contributed by atoms with E-state index in [-0.39, 0.29) is 10.5 Å². The summed E-state index contributed by atoms with van der Waals surface area (Å²) in [4.78, 5) is 0.0115. The van der Waals surface area contributed by atoms with Gasteiger partial charge in [0.2, 0.25) is 10.0 Å². The molecule has 0 aliphatic carbocycles. The number of benzene rings is 2. The van der Waals surface area contributed by atoms with Crippen LogP contribution in [-0.2, 0) is 22.7 Å². The van der Waals surface area contributed by atoms with E-state index in [0.717, 1.165) is 9.64 Å². The second-order valence-corrected chi connectivity index (χ2v) is 7.45. The van der Waals surface area contributed by atoms with Crippen molar-refractivity contribution < 1.29 is 21.6 Å². The molecular formula is C14H11F3INO2S. The quantitative estimate of drug-likeness (QED) is 0.735. The molecule has 0 saturated carbocycles. The molecule has 2 aromatic rings. The summed E-state index contributed by atoms with van der Waals surface area (Å²) in [5.74, 6) is 0. The largest absolute Gasteiger partial charge is 0.416 e. The van der Waals surface area contributed by atoms with E-state index in [0.29, 0.717) is 0 Å². The van der Waals surface area contributed by atoms with E-state index in [2.05, 4.69) is 4.72 Å². The minimum Gasteiger partial charge on any atom is -0.207 e. The molecular weight excluding hydrogens is 430 g/mol. The second kappa shape index (κ2) is 6.55. The maximum absolute atomic E-state index is 12.9. The molecule has 0 aromatic heterocycles. The lowest BCUT2D eigenvalue weighted by Gasteiger charge is -2.13. The average molecular weight is 441 g/mol. The minimum absolute atomic E-state index is 0.0115. The zero-order valence-corrected chi connectivity index (χ0v) is 14.0. The molecule has 118 valence electrons. The first-order valence-electron chi connectivity index (χ1n) is 6.10. The SMILES string of the molecule is O=S(=O)(NCc1ccccc1C(F)(F)F)c1ccc(I)cc1. The summed E-state index contributed by atoms with van der Waals surface area (Å²) < 4.78 is 65.8. The Balaban J connectivity index is 2.22. The highest BCUT2D eigenvalue weighted by Crippen LogP contribution is 2.31. The number of rotatable bonds is 4. The summed E-state index contributed by atoms with van der Waals surface area (Å²) in [5.41, 5.74) is -0.968. The van der Waals surface area contributed by atoms with Crippen molar-refractivity contribution in [2.45, 2.75) is 17.6 Å². The van der Waals surface area contributed by atoms with Crippen molar-refractivity contribution in [3.63, 3.8) is 0 Å². The molecule has 22 heavy (non-hydrogen) atoms. The zero-order chi connectivity index (χ0) is 16.4. The lowest BCUT2D eigenvalue weighted by molar-refractivity contribution is -0.138. The van der Waals surface area contributed by atoms with Crippen molar-refractivity contribution in [2.75, 3.05) is 0 Å². The van der Waals surface area contributed by atoms with Gasteiger partial charge in [-0.25, -0.2) is 13.1 Å². The maximum atomic E-state index is 12.9. The third kappa shape index (κ3) is 4.20. The summed E-state index contributed by atoms with van der Waals surface area (Å²) in [6.45, 7) is -0.427. The first-order chi connectivity index (χ1) is 10.2. The van der Waals surface area contributed by atoms with Crippen LogP contribution in [0.1, 0.15) is 11.1 Å². The molecule has 0 heterocycles. The molecule has 1 N–H and O–H groups in total. The molecule has 0 bridgehead atoms. The minimum atomic E-state index is -4.52. The summed E-state index contributed by atoms with van der Waals surface area (Å²) >= 11 is 2.03. The van der Waals surface area contributed by atoms with Gasteiger partial charge in [-0.15, -0.1) is 0 Å². The van der Waals surface area contributed by atoms with E-state index in [1.807, 2.05) is 22.6 Å². The third-order valence-corrected chi connectivity index (χ3v) is 5.04. The van der Waals surface area contributed by atoms with Crippen molar-refractivity contribution in [1.29, 1.82) is 0 Å². The normalized spacial score (nSPS) is 12.4. The molecule has 0 radical (unpaired) electrons. The zero-order valence-electron chi connectivity index (χ0n) is 11.1. The molecule has 3 nitrogen and oxygen atoms in total. The van der Waals surface area contributed by atoms with Gasteiger partial charge in [0, 0.05) is 10.1 Å². The molecule has 0 amide bonds. The van der Waals surface area contributed by atoms with Crippen LogP contribution < -0.4 is 4.72 Å². The molecule has 0 aliphatic rings. The fraction of sp³-hybridized carbons (Fsp3) is 0.143. The van der Waals surface area contributed by atoms with E-state index in [1.165, 1.54) is 30.3 Å². The van der Waals surface area contributed by atoms with E-state index in [4.69, 9.17) is 0 Å². The van der Waals surface area contributed by atoms with Gasteiger partial charge >= 0.3 is 6.18 Å². The Morgan fingerprint density at radius 2 is 1.59 bits per heavy atom. The molecule has 0 unspecified atom stereocenters. The molecule has 0 fully saturated rings. The van der Waals surface area contributed by atoms with Crippen LogP contribution >= 0.6 is 22.6 Å². The van der Waals surface area contributed by atoms with Gasteiger partial charge in [0.1, 0.15) is 0 Å². The summed E-state index contributed by atoms with van der Waals surface area (Å²) in [5, 5.41) is 0. The van der Waals surface area contributed by atoms with Crippen LogP contribution in [0.2, 0.25) is 0 Å². The Labute approximate surface area is 139 Å². The van der Waals surface area contributed by atoms with Crippen LogP contribution in [-0.4, -0.2) is 8.42 Å². The van der Waals surface area contributed by atoms with E-state index >= 15 is 0 Å².